The minimum absolute atomic E-state index is 0.0110. The maximum Gasteiger partial charge on any atom is 0.204 e. The van der Waals surface area contributed by atoms with E-state index >= 15 is 8.78 Å². The highest BCUT2D eigenvalue weighted by Gasteiger charge is 2.30. The predicted octanol–water partition coefficient (Wildman–Crippen LogP) is 8.45. The van der Waals surface area contributed by atoms with Gasteiger partial charge in [-0.25, -0.2) is 26.3 Å². The van der Waals surface area contributed by atoms with Crippen LogP contribution in [0, 0.1) is 46.5 Å². The van der Waals surface area contributed by atoms with Crippen molar-refractivity contribution in [1.82, 2.24) is 0 Å². The topological polar surface area (TPSA) is 9.23 Å². The minimum atomic E-state index is -1.78. The third-order valence-electron chi connectivity index (χ3n) is 5.94. The molecule has 0 unspecified atom stereocenters. The molecule has 5 rings (SSSR count). The second-order valence-electron chi connectivity index (χ2n) is 7.90. The van der Waals surface area contributed by atoms with Crippen molar-refractivity contribution in [2.45, 2.75) is 0 Å². The van der Waals surface area contributed by atoms with Crippen LogP contribution in [0.1, 0.15) is 0 Å². The summed E-state index contributed by atoms with van der Waals surface area (Å²) in [4.78, 5) is 0. The third-order valence-corrected chi connectivity index (χ3v) is 5.94. The monoisotopic (exact) mass is 504 g/mol. The van der Waals surface area contributed by atoms with Crippen molar-refractivity contribution in [3.8, 4) is 28.0 Å². The SMILES string of the molecule is COc1c(F)c(F)c(-c2c3ccccc3c(-c3cc(F)c(F)c(F)c3)c3cc(F)ccc23)c(F)c1F. The zero-order chi connectivity index (χ0) is 25.9. The molecule has 182 valence electrons. The molecule has 0 aliphatic rings. The van der Waals surface area contributed by atoms with Gasteiger partial charge in [0.05, 0.1) is 12.7 Å². The Labute approximate surface area is 198 Å². The van der Waals surface area contributed by atoms with Crippen LogP contribution in [0.25, 0.3) is 43.8 Å². The first kappa shape index (κ1) is 23.6. The van der Waals surface area contributed by atoms with Gasteiger partial charge in [-0.15, -0.1) is 0 Å². The van der Waals surface area contributed by atoms with Crippen LogP contribution < -0.4 is 4.74 Å². The van der Waals surface area contributed by atoms with Gasteiger partial charge in [0.15, 0.2) is 34.8 Å². The van der Waals surface area contributed by atoms with Crippen molar-refractivity contribution in [3.63, 3.8) is 0 Å². The summed E-state index contributed by atoms with van der Waals surface area (Å²) in [6, 6.07) is 10.1. The van der Waals surface area contributed by atoms with Gasteiger partial charge in [0, 0.05) is 5.56 Å². The molecule has 0 spiro atoms. The summed E-state index contributed by atoms with van der Waals surface area (Å²) < 4.78 is 120. The maximum atomic E-state index is 15.2. The van der Waals surface area contributed by atoms with E-state index < -0.39 is 57.9 Å². The first-order valence-corrected chi connectivity index (χ1v) is 10.3. The highest BCUT2D eigenvalue weighted by molar-refractivity contribution is 6.21. The lowest BCUT2D eigenvalue weighted by Crippen LogP contribution is -2.05. The number of hydrogen-bond acceptors (Lipinski definition) is 1. The largest absolute Gasteiger partial charge is 0.491 e. The van der Waals surface area contributed by atoms with Gasteiger partial charge in [0.25, 0.3) is 0 Å². The molecule has 1 nitrogen and oxygen atoms in total. The first-order valence-electron chi connectivity index (χ1n) is 10.3. The van der Waals surface area contributed by atoms with E-state index in [9.17, 15) is 26.3 Å². The Morgan fingerprint density at radius 3 is 1.58 bits per heavy atom. The average molecular weight is 504 g/mol. The van der Waals surface area contributed by atoms with Crippen molar-refractivity contribution in [3.05, 3.63) is 101 Å². The standard InChI is InChI=1S/C27H12F8O/c1-36-27-25(34)23(32)21(24(33)26(27)35)20-14-5-3-2-4-13(14)19(16-10-12(28)6-7-15(16)20)11-8-17(29)22(31)18(30)9-11/h2-10H,1H3. The second-order valence-corrected chi connectivity index (χ2v) is 7.90. The molecule has 5 aromatic rings. The smallest absolute Gasteiger partial charge is 0.204 e. The number of benzene rings is 5. The molecule has 0 fully saturated rings. The molecule has 36 heavy (non-hydrogen) atoms. The van der Waals surface area contributed by atoms with Crippen molar-refractivity contribution in [2.24, 2.45) is 0 Å². The number of methoxy groups -OCH3 is 1. The van der Waals surface area contributed by atoms with Gasteiger partial charge < -0.3 is 4.74 Å². The van der Waals surface area contributed by atoms with Gasteiger partial charge in [-0.2, -0.15) is 8.78 Å². The fourth-order valence-electron chi connectivity index (χ4n) is 4.44. The normalized spacial score (nSPS) is 11.5. The van der Waals surface area contributed by atoms with Crippen LogP contribution in [-0.4, -0.2) is 7.11 Å². The van der Waals surface area contributed by atoms with E-state index in [0.29, 0.717) is 12.1 Å². The van der Waals surface area contributed by atoms with Crippen LogP contribution in [0.4, 0.5) is 35.1 Å². The Morgan fingerprint density at radius 1 is 0.500 bits per heavy atom. The van der Waals surface area contributed by atoms with Gasteiger partial charge in [0.2, 0.25) is 11.6 Å². The van der Waals surface area contributed by atoms with Crippen LogP contribution in [0.3, 0.4) is 0 Å². The highest BCUT2D eigenvalue weighted by Crippen LogP contribution is 2.47. The van der Waals surface area contributed by atoms with Crippen LogP contribution in [0.15, 0.2) is 54.6 Å². The molecule has 0 radical (unpaired) electrons. The Bertz CT molecular complexity index is 1660. The van der Waals surface area contributed by atoms with Crippen LogP contribution in [0.2, 0.25) is 0 Å². The Hall–Kier alpha value is -4.14. The van der Waals surface area contributed by atoms with Gasteiger partial charge in [0.1, 0.15) is 5.82 Å². The van der Waals surface area contributed by atoms with Gasteiger partial charge in [-0.3, -0.25) is 0 Å². The first-order chi connectivity index (χ1) is 17.1. The lowest BCUT2D eigenvalue weighted by Gasteiger charge is -2.19. The summed E-state index contributed by atoms with van der Waals surface area (Å²) in [5, 5.41) is -0.0495. The molecule has 0 saturated heterocycles. The molecule has 0 N–H and O–H groups in total. The van der Waals surface area contributed by atoms with Gasteiger partial charge in [-0.1, -0.05) is 30.3 Å². The highest BCUT2D eigenvalue weighted by atomic mass is 19.2. The summed E-state index contributed by atoms with van der Waals surface area (Å²) in [6.07, 6.45) is 0. The molecule has 9 heteroatoms. The van der Waals surface area contributed by atoms with E-state index in [1.165, 1.54) is 24.3 Å². The fraction of sp³-hybridized carbons (Fsp3) is 0.0370. The van der Waals surface area contributed by atoms with Crippen LogP contribution in [-0.2, 0) is 0 Å². The molecule has 0 aliphatic carbocycles. The van der Waals surface area contributed by atoms with Crippen LogP contribution >= 0.6 is 0 Å². The molecular weight excluding hydrogens is 492 g/mol. The third kappa shape index (κ3) is 3.37. The lowest BCUT2D eigenvalue weighted by atomic mass is 9.85. The molecule has 0 heterocycles. The molecule has 5 aromatic carbocycles. The number of hydrogen-bond donors (Lipinski definition) is 0. The average Bonchev–Trinajstić information content (AvgIpc) is 2.85. The van der Waals surface area contributed by atoms with Crippen molar-refractivity contribution in [2.75, 3.05) is 7.11 Å². The van der Waals surface area contributed by atoms with Crippen molar-refractivity contribution < 1.29 is 39.9 Å². The number of halogens is 8. The molecule has 0 aromatic heterocycles. The second kappa shape index (κ2) is 8.51. The van der Waals surface area contributed by atoms with Gasteiger partial charge in [-0.05, 0) is 56.9 Å². The molecule has 0 amide bonds. The molecule has 0 bridgehead atoms. The lowest BCUT2D eigenvalue weighted by molar-refractivity contribution is 0.334. The molecular formula is C27H12F8O. The summed E-state index contributed by atoms with van der Waals surface area (Å²) >= 11 is 0. The maximum absolute atomic E-state index is 15.2. The van der Waals surface area contributed by atoms with E-state index in [1.54, 1.807) is 0 Å². The number of ether oxygens (including phenoxy) is 1. The van der Waals surface area contributed by atoms with Crippen molar-refractivity contribution in [1.29, 1.82) is 0 Å². The summed E-state index contributed by atoms with van der Waals surface area (Å²) in [6.45, 7) is 0. The van der Waals surface area contributed by atoms with E-state index in [-0.39, 0.29) is 38.2 Å². The molecule has 0 saturated carbocycles. The summed E-state index contributed by atoms with van der Waals surface area (Å²) in [5.74, 6) is -13.9. The fourth-order valence-corrected chi connectivity index (χ4v) is 4.44. The Balaban J connectivity index is 2.04. The number of rotatable bonds is 3. The van der Waals surface area contributed by atoms with E-state index in [2.05, 4.69) is 4.74 Å². The number of fused-ring (bicyclic) bond motifs is 2. The Morgan fingerprint density at radius 2 is 1.03 bits per heavy atom. The van der Waals surface area contributed by atoms with E-state index in [1.807, 2.05) is 0 Å². The van der Waals surface area contributed by atoms with Crippen molar-refractivity contribution >= 4 is 21.5 Å². The zero-order valence-electron chi connectivity index (χ0n) is 18.1. The zero-order valence-corrected chi connectivity index (χ0v) is 18.1. The van der Waals surface area contributed by atoms with E-state index in [4.69, 9.17) is 0 Å². The van der Waals surface area contributed by atoms with Gasteiger partial charge >= 0.3 is 0 Å². The molecule has 0 atom stereocenters. The summed E-state index contributed by atoms with van der Waals surface area (Å²) in [5.41, 5.74) is -1.60. The quantitative estimate of drug-likeness (QED) is 0.104. The molecule has 0 aliphatic heterocycles. The Kier molecular flexibility index (Phi) is 5.58. The predicted molar refractivity (Wildman–Crippen MR) is 119 cm³/mol. The summed E-state index contributed by atoms with van der Waals surface area (Å²) in [7, 11) is 0.837. The van der Waals surface area contributed by atoms with E-state index in [0.717, 1.165) is 25.3 Å². The van der Waals surface area contributed by atoms with Crippen LogP contribution in [0.5, 0.6) is 5.75 Å². The minimum Gasteiger partial charge on any atom is -0.491 e.